The topological polar surface area (TPSA) is 34.5 Å². The van der Waals surface area contributed by atoms with Gasteiger partial charge in [-0.25, -0.2) is 4.98 Å². The minimum Gasteiger partial charge on any atom is -0.374 e. The fourth-order valence-electron chi connectivity index (χ4n) is 3.05. The largest absolute Gasteiger partial charge is 0.435 e. The van der Waals surface area contributed by atoms with Gasteiger partial charge in [-0.05, 0) is 30.3 Å². The molecule has 0 saturated heterocycles. The fraction of sp³-hybridized carbons (Fsp3) is 0.158. The number of halogens is 5. The number of pyridine rings is 1. The zero-order valence-corrected chi connectivity index (χ0v) is 15.1. The normalized spacial score (nSPS) is 19.8. The number of para-hydroxylation sites is 1. The van der Waals surface area contributed by atoms with Gasteiger partial charge in [-0.3, -0.25) is 0 Å². The van der Waals surface area contributed by atoms with E-state index in [9.17, 15) is 13.2 Å². The molecule has 0 radical (unpaired) electrons. The molecule has 8 heteroatoms. The van der Waals surface area contributed by atoms with Gasteiger partial charge in [0.1, 0.15) is 5.71 Å². The molecule has 1 aromatic heterocycles. The lowest BCUT2D eigenvalue weighted by molar-refractivity contribution is -0.275. The highest BCUT2D eigenvalue weighted by Gasteiger charge is 2.62. The lowest BCUT2D eigenvalue weighted by Gasteiger charge is -2.29. The zero-order chi connectivity index (χ0) is 19.2. The quantitative estimate of drug-likeness (QED) is 0.509. The smallest absolute Gasteiger partial charge is 0.374 e. The number of nitrogens with zero attached hydrogens (tertiary/aromatic N) is 2. The lowest BCUT2D eigenvalue weighted by Crippen LogP contribution is -2.42. The van der Waals surface area contributed by atoms with Crippen LogP contribution < -0.4 is 0 Å². The Morgan fingerprint density at radius 1 is 0.963 bits per heavy atom. The number of benzene rings is 2. The minimum absolute atomic E-state index is 0.0852. The van der Waals surface area contributed by atoms with E-state index in [0.717, 1.165) is 5.39 Å². The summed E-state index contributed by atoms with van der Waals surface area (Å²) in [5.74, 6) is 0. The third-order valence-electron chi connectivity index (χ3n) is 4.41. The first-order valence-electron chi connectivity index (χ1n) is 7.93. The van der Waals surface area contributed by atoms with Crippen LogP contribution in [0, 0.1) is 0 Å². The molecule has 2 aromatic carbocycles. The van der Waals surface area contributed by atoms with Crippen LogP contribution >= 0.6 is 23.2 Å². The second kappa shape index (κ2) is 6.39. The predicted molar refractivity (Wildman–Crippen MR) is 98.2 cm³/mol. The van der Waals surface area contributed by atoms with Crippen LogP contribution in [0.5, 0.6) is 0 Å². The summed E-state index contributed by atoms with van der Waals surface area (Å²) in [4.78, 5) is 9.39. The maximum Gasteiger partial charge on any atom is 0.435 e. The van der Waals surface area contributed by atoms with E-state index in [4.69, 9.17) is 28.0 Å². The van der Waals surface area contributed by atoms with Crippen LogP contribution in [0.3, 0.4) is 0 Å². The summed E-state index contributed by atoms with van der Waals surface area (Å²) in [5, 5.41) is 4.77. The number of aromatic nitrogens is 1. The molecule has 0 aliphatic carbocycles. The molecule has 0 spiro atoms. The summed E-state index contributed by atoms with van der Waals surface area (Å²) < 4.78 is 42.0. The Morgan fingerprint density at radius 2 is 1.67 bits per heavy atom. The molecule has 2 heterocycles. The number of fused-ring (bicyclic) bond motifs is 1. The summed E-state index contributed by atoms with van der Waals surface area (Å²) in [7, 11) is 0. The molecule has 1 atom stereocenters. The number of hydrogen-bond acceptors (Lipinski definition) is 3. The van der Waals surface area contributed by atoms with Crippen LogP contribution in [0.25, 0.3) is 10.9 Å². The molecule has 1 aliphatic heterocycles. The Balaban J connectivity index is 1.76. The van der Waals surface area contributed by atoms with Gasteiger partial charge >= 0.3 is 6.18 Å². The highest BCUT2D eigenvalue weighted by molar-refractivity contribution is 6.34. The zero-order valence-electron chi connectivity index (χ0n) is 13.6. The average molecular weight is 411 g/mol. The highest BCUT2D eigenvalue weighted by Crippen LogP contribution is 2.49. The van der Waals surface area contributed by atoms with E-state index >= 15 is 0 Å². The van der Waals surface area contributed by atoms with Crippen LogP contribution in [0.2, 0.25) is 10.0 Å². The first kappa shape index (κ1) is 18.1. The third kappa shape index (κ3) is 3.13. The van der Waals surface area contributed by atoms with E-state index < -0.39 is 18.2 Å². The van der Waals surface area contributed by atoms with Crippen molar-refractivity contribution in [3.63, 3.8) is 0 Å². The van der Waals surface area contributed by atoms with Crippen molar-refractivity contribution < 1.29 is 18.0 Å². The van der Waals surface area contributed by atoms with Gasteiger partial charge in [0.15, 0.2) is 0 Å². The van der Waals surface area contributed by atoms with Crippen molar-refractivity contribution in [1.82, 2.24) is 4.98 Å². The van der Waals surface area contributed by atoms with Gasteiger partial charge < -0.3 is 4.84 Å². The molecular weight excluding hydrogens is 400 g/mol. The second-order valence-electron chi connectivity index (χ2n) is 6.18. The third-order valence-corrected chi connectivity index (χ3v) is 4.85. The Bertz CT molecular complexity index is 1050. The average Bonchev–Trinajstić information content (AvgIpc) is 3.07. The van der Waals surface area contributed by atoms with Crippen LogP contribution in [-0.4, -0.2) is 16.9 Å². The van der Waals surface area contributed by atoms with Crippen molar-refractivity contribution in [2.45, 2.75) is 18.2 Å². The van der Waals surface area contributed by atoms with Crippen molar-refractivity contribution in [1.29, 1.82) is 0 Å². The molecule has 3 aromatic rings. The predicted octanol–water partition coefficient (Wildman–Crippen LogP) is 6.12. The Morgan fingerprint density at radius 3 is 2.37 bits per heavy atom. The molecule has 1 unspecified atom stereocenters. The molecule has 0 N–H and O–H groups in total. The lowest BCUT2D eigenvalue weighted by atomic mass is 9.87. The van der Waals surface area contributed by atoms with Crippen molar-refractivity contribution in [3.05, 3.63) is 75.9 Å². The van der Waals surface area contributed by atoms with E-state index in [1.165, 1.54) is 18.2 Å². The Hall–Kier alpha value is -2.31. The summed E-state index contributed by atoms with van der Waals surface area (Å²) in [6, 6.07) is 14.5. The first-order valence-corrected chi connectivity index (χ1v) is 8.69. The maximum atomic E-state index is 14.0. The Kier molecular flexibility index (Phi) is 4.28. The van der Waals surface area contributed by atoms with Crippen molar-refractivity contribution in [2.75, 3.05) is 0 Å². The molecule has 0 bridgehead atoms. The van der Waals surface area contributed by atoms with Crippen LogP contribution in [-0.2, 0) is 10.4 Å². The van der Waals surface area contributed by atoms with Crippen molar-refractivity contribution in [2.24, 2.45) is 5.16 Å². The summed E-state index contributed by atoms with van der Waals surface area (Å²) in [5.41, 5.74) is -1.77. The van der Waals surface area contributed by atoms with Gasteiger partial charge in [0, 0.05) is 21.0 Å². The van der Waals surface area contributed by atoms with Gasteiger partial charge in [-0.2, -0.15) is 13.2 Å². The second-order valence-corrected chi connectivity index (χ2v) is 7.05. The molecule has 4 rings (SSSR count). The molecule has 3 nitrogen and oxygen atoms in total. The van der Waals surface area contributed by atoms with E-state index in [1.54, 1.807) is 24.3 Å². The maximum absolute atomic E-state index is 14.0. The van der Waals surface area contributed by atoms with E-state index in [1.807, 2.05) is 12.1 Å². The minimum atomic E-state index is -4.73. The number of rotatable bonds is 2. The summed E-state index contributed by atoms with van der Waals surface area (Å²) in [6.45, 7) is 0. The molecule has 138 valence electrons. The van der Waals surface area contributed by atoms with Gasteiger partial charge in [0.05, 0.1) is 17.6 Å². The van der Waals surface area contributed by atoms with Gasteiger partial charge in [-0.15, -0.1) is 0 Å². The Labute approximate surface area is 162 Å². The van der Waals surface area contributed by atoms with Gasteiger partial charge in [-0.1, -0.05) is 52.6 Å². The standard InChI is InChI=1S/C19H11Cl2F3N2O/c20-13-7-12(8-14(21)9-13)18(19(22,23)24)10-17(26-27-18)16-6-5-11-3-1-2-4-15(11)25-16/h1-9H,10H2. The molecule has 0 saturated carbocycles. The van der Waals surface area contributed by atoms with Crippen molar-refractivity contribution >= 4 is 39.8 Å². The van der Waals surface area contributed by atoms with Gasteiger partial charge in [0.2, 0.25) is 0 Å². The molecular formula is C19H11Cl2F3N2O. The number of oxime groups is 1. The molecule has 1 aliphatic rings. The van der Waals surface area contributed by atoms with Gasteiger partial charge in [0.25, 0.3) is 5.60 Å². The van der Waals surface area contributed by atoms with Crippen LogP contribution in [0.1, 0.15) is 17.7 Å². The van der Waals surface area contributed by atoms with Crippen LogP contribution in [0.4, 0.5) is 13.2 Å². The van der Waals surface area contributed by atoms with Crippen molar-refractivity contribution in [3.8, 4) is 0 Å². The molecule has 0 fully saturated rings. The highest BCUT2D eigenvalue weighted by atomic mass is 35.5. The van der Waals surface area contributed by atoms with E-state index in [2.05, 4.69) is 10.1 Å². The monoisotopic (exact) mass is 410 g/mol. The summed E-state index contributed by atoms with van der Waals surface area (Å²) >= 11 is 11.8. The SMILES string of the molecule is FC(F)(F)C1(c2cc(Cl)cc(Cl)c2)CC(c2ccc3ccccc3n2)=NO1. The summed E-state index contributed by atoms with van der Waals surface area (Å²) in [6.07, 6.45) is -5.26. The molecule has 0 amide bonds. The number of alkyl halides is 3. The fourth-order valence-corrected chi connectivity index (χ4v) is 3.58. The van der Waals surface area contributed by atoms with Crippen LogP contribution in [0.15, 0.2) is 59.8 Å². The number of hydrogen-bond donors (Lipinski definition) is 0. The van der Waals surface area contributed by atoms with E-state index in [-0.39, 0.29) is 21.3 Å². The molecule has 27 heavy (non-hydrogen) atoms. The first-order chi connectivity index (χ1) is 12.8. The van der Waals surface area contributed by atoms with E-state index in [0.29, 0.717) is 11.2 Å².